The van der Waals surface area contributed by atoms with Crippen LogP contribution in [-0.2, 0) is 11.3 Å². The van der Waals surface area contributed by atoms with Crippen LogP contribution in [0.5, 0.6) is 5.75 Å². The van der Waals surface area contributed by atoms with Crippen molar-refractivity contribution in [3.05, 3.63) is 46.4 Å². The average Bonchev–Trinajstić information content (AvgIpc) is 3.25. The summed E-state index contributed by atoms with van der Waals surface area (Å²) in [5, 5.41) is 1.95. The largest absolute Gasteiger partial charge is 0.486 e. The lowest BCUT2D eigenvalue weighted by Gasteiger charge is -2.24. The summed E-state index contributed by atoms with van der Waals surface area (Å²) >= 11 is 1.54. The molecule has 1 aliphatic carbocycles. The highest BCUT2D eigenvalue weighted by Crippen LogP contribution is 2.47. The van der Waals surface area contributed by atoms with E-state index in [-0.39, 0.29) is 11.3 Å². The number of thiazole rings is 1. The molecule has 1 aromatic heterocycles. The van der Waals surface area contributed by atoms with Crippen LogP contribution in [0, 0.1) is 5.41 Å². The quantitative estimate of drug-likeness (QED) is 0.856. The SMILES string of the molecule is O=C(c1ccccc1OCc1cscn1)N1CCOCC2(CC2)C1. The molecule has 0 N–H and O–H groups in total. The third-order valence-electron chi connectivity index (χ3n) is 4.66. The topological polar surface area (TPSA) is 51.7 Å². The van der Waals surface area contributed by atoms with Crippen molar-refractivity contribution in [3.63, 3.8) is 0 Å². The summed E-state index contributed by atoms with van der Waals surface area (Å²) < 4.78 is 11.5. The molecule has 6 heteroatoms. The van der Waals surface area contributed by atoms with Crippen LogP contribution < -0.4 is 4.74 Å². The molecule has 1 aliphatic heterocycles. The second-order valence-electron chi connectivity index (χ2n) is 6.54. The van der Waals surface area contributed by atoms with Gasteiger partial charge in [0.2, 0.25) is 0 Å². The molecule has 1 saturated heterocycles. The zero-order chi connectivity index (χ0) is 16.4. The highest BCUT2D eigenvalue weighted by molar-refractivity contribution is 7.07. The van der Waals surface area contributed by atoms with Gasteiger partial charge in [-0.2, -0.15) is 0 Å². The van der Waals surface area contributed by atoms with Gasteiger partial charge in [-0.05, 0) is 25.0 Å². The molecule has 1 saturated carbocycles. The molecule has 4 rings (SSSR count). The predicted octanol–water partition coefficient (Wildman–Crippen LogP) is 2.97. The number of nitrogens with zero attached hydrogens (tertiary/aromatic N) is 2. The maximum absolute atomic E-state index is 13.0. The van der Waals surface area contributed by atoms with Crippen molar-refractivity contribution in [2.24, 2.45) is 5.41 Å². The summed E-state index contributed by atoms with van der Waals surface area (Å²) in [6.07, 6.45) is 2.30. The number of ether oxygens (including phenoxy) is 2. The van der Waals surface area contributed by atoms with E-state index in [2.05, 4.69) is 4.98 Å². The van der Waals surface area contributed by atoms with E-state index in [1.807, 2.05) is 34.5 Å². The molecular weight excluding hydrogens is 324 g/mol. The van der Waals surface area contributed by atoms with Crippen LogP contribution in [-0.4, -0.2) is 42.1 Å². The number of carbonyl (C=O) groups is 1. The number of rotatable bonds is 4. The number of benzene rings is 1. The molecule has 0 atom stereocenters. The summed E-state index contributed by atoms with van der Waals surface area (Å²) in [5.41, 5.74) is 3.47. The fourth-order valence-corrected chi connectivity index (χ4v) is 3.59. The fraction of sp³-hybridized carbons (Fsp3) is 0.444. The summed E-state index contributed by atoms with van der Waals surface area (Å²) in [7, 11) is 0. The van der Waals surface area contributed by atoms with Crippen molar-refractivity contribution < 1.29 is 14.3 Å². The van der Waals surface area contributed by atoms with Gasteiger partial charge in [0.15, 0.2) is 0 Å². The first-order valence-corrected chi connectivity index (χ1v) is 9.16. The zero-order valence-electron chi connectivity index (χ0n) is 13.4. The van der Waals surface area contributed by atoms with E-state index < -0.39 is 0 Å². The van der Waals surface area contributed by atoms with Crippen LogP contribution in [0.4, 0.5) is 0 Å². The van der Waals surface area contributed by atoms with Gasteiger partial charge in [0.1, 0.15) is 12.4 Å². The maximum atomic E-state index is 13.0. The molecule has 2 aromatic rings. The van der Waals surface area contributed by atoms with Crippen LogP contribution in [0.15, 0.2) is 35.2 Å². The smallest absolute Gasteiger partial charge is 0.257 e. The number of para-hydroxylation sites is 1. The molecule has 24 heavy (non-hydrogen) atoms. The van der Waals surface area contributed by atoms with E-state index in [9.17, 15) is 4.79 Å². The third kappa shape index (κ3) is 3.30. The Hall–Kier alpha value is -1.92. The van der Waals surface area contributed by atoms with Gasteiger partial charge in [-0.25, -0.2) is 4.98 Å². The third-order valence-corrected chi connectivity index (χ3v) is 5.30. The lowest BCUT2D eigenvalue weighted by Crippen LogP contribution is -2.36. The number of carbonyl (C=O) groups excluding carboxylic acids is 1. The first-order chi connectivity index (χ1) is 11.8. The fourth-order valence-electron chi connectivity index (χ4n) is 3.05. The molecule has 0 radical (unpaired) electrons. The van der Waals surface area contributed by atoms with Crippen LogP contribution in [0.1, 0.15) is 28.9 Å². The second-order valence-corrected chi connectivity index (χ2v) is 7.26. The van der Waals surface area contributed by atoms with E-state index in [4.69, 9.17) is 9.47 Å². The number of amides is 1. The number of aromatic nitrogens is 1. The van der Waals surface area contributed by atoms with E-state index in [0.29, 0.717) is 31.1 Å². The Morgan fingerprint density at radius 1 is 1.38 bits per heavy atom. The monoisotopic (exact) mass is 344 g/mol. The molecule has 1 amide bonds. The van der Waals surface area contributed by atoms with Gasteiger partial charge in [-0.3, -0.25) is 4.79 Å². The van der Waals surface area contributed by atoms with Crippen LogP contribution in [0.25, 0.3) is 0 Å². The van der Waals surface area contributed by atoms with Crippen molar-refractivity contribution in [2.75, 3.05) is 26.3 Å². The Morgan fingerprint density at radius 2 is 2.25 bits per heavy atom. The molecule has 1 aromatic carbocycles. The second kappa shape index (κ2) is 6.53. The number of hydrogen-bond acceptors (Lipinski definition) is 5. The van der Waals surface area contributed by atoms with Crippen LogP contribution in [0.2, 0.25) is 0 Å². The highest BCUT2D eigenvalue weighted by Gasteiger charge is 2.46. The van der Waals surface area contributed by atoms with Crippen LogP contribution in [0.3, 0.4) is 0 Å². The Morgan fingerprint density at radius 3 is 3.04 bits per heavy atom. The Bertz CT molecular complexity index is 713. The normalized spacial score (nSPS) is 19.1. The standard InChI is InChI=1S/C18H20N2O3S/c21-17(20-7-8-22-12-18(11-20)5-6-18)15-3-1-2-4-16(15)23-9-14-10-24-13-19-14/h1-4,10,13H,5-9,11-12H2. The minimum Gasteiger partial charge on any atom is -0.486 e. The van der Waals surface area contributed by atoms with Crippen molar-refractivity contribution in [1.29, 1.82) is 0 Å². The molecule has 0 unspecified atom stereocenters. The first-order valence-electron chi connectivity index (χ1n) is 8.22. The summed E-state index contributed by atoms with van der Waals surface area (Å²) in [6.45, 7) is 3.18. The average molecular weight is 344 g/mol. The molecule has 2 heterocycles. The van der Waals surface area contributed by atoms with E-state index in [1.54, 1.807) is 5.51 Å². The molecule has 126 valence electrons. The summed E-state index contributed by atoms with van der Waals surface area (Å²) in [4.78, 5) is 19.2. The maximum Gasteiger partial charge on any atom is 0.257 e. The molecule has 2 fully saturated rings. The van der Waals surface area contributed by atoms with Gasteiger partial charge in [0.25, 0.3) is 5.91 Å². The van der Waals surface area contributed by atoms with Crippen LogP contribution >= 0.6 is 11.3 Å². The van der Waals surface area contributed by atoms with Gasteiger partial charge in [-0.15, -0.1) is 11.3 Å². The van der Waals surface area contributed by atoms with Crippen molar-refractivity contribution in [2.45, 2.75) is 19.4 Å². The molecule has 0 bridgehead atoms. The highest BCUT2D eigenvalue weighted by atomic mass is 32.1. The van der Waals surface area contributed by atoms with Crippen molar-refractivity contribution in [3.8, 4) is 5.75 Å². The Labute approximate surface area is 145 Å². The van der Waals surface area contributed by atoms with Crippen molar-refractivity contribution in [1.82, 2.24) is 9.88 Å². The van der Waals surface area contributed by atoms with Gasteiger partial charge in [0.05, 0.1) is 30.0 Å². The lowest BCUT2D eigenvalue weighted by molar-refractivity contribution is 0.0730. The van der Waals surface area contributed by atoms with Gasteiger partial charge >= 0.3 is 0 Å². The Kier molecular flexibility index (Phi) is 4.24. The Balaban J connectivity index is 1.51. The molecule has 5 nitrogen and oxygen atoms in total. The minimum absolute atomic E-state index is 0.0284. The van der Waals surface area contributed by atoms with Gasteiger partial charge < -0.3 is 14.4 Å². The molecule has 2 aliphatic rings. The van der Waals surface area contributed by atoms with Crippen molar-refractivity contribution >= 4 is 17.2 Å². The molecular formula is C18H20N2O3S. The summed E-state index contributed by atoms with van der Waals surface area (Å²) in [5.74, 6) is 0.645. The van der Waals surface area contributed by atoms with E-state index in [0.717, 1.165) is 31.7 Å². The van der Waals surface area contributed by atoms with E-state index in [1.165, 1.54) is 11.3 Å². The number of hydrogen-bond donors (Lipinski definition) is 0. The zero-order valence-corrected chi connectivity index (χ0v) is 14.3. The summed E-state index contributed by atoms with van der Waals surface area (Å²) in [6, 6.07) is 7.45. The van der Waals surface area contributed by atoms with Gasteiger partial charge in [0, 0.05) is 23.9 Å². The van der Waals surface area contributed by atoms with E-state index >= 15 is 0 Å². The predicted molar refractivity (Wildman–Crippen MR) is 91.3 cm³/mol. The molecule has 1 spiro atoms. The van der Waals surface area contributed by atoms with Gasteiger partial charge in [-0.1, -0.05) is 12.1 Å². The minimum atomic E-state index is 0.0284. The first kappa shape index (κ1) is 15.6. The lowest BCUT2D eigenvalue weighted by atomic mass is 10.1.